The van der Waals surface area contributed by atoms with Crippen LogP contribution in [0.3, 0.4) is 0 Å². The maximum Gasteiger partial charge on any atom is 0.420 e. The summed E-state index contributed by atoms with van der Waals surface area (Å²) >= 11 is 0. The Hall–Kier alpha value is -2.17. The molecular weight excluding hydrogens is 337 g/mol. The average Bonchev–Trinajstić information content (AvgIpc) is 2.97. The monoisotopic (exact) mass is 359 g/mol. The average molecular weight is 359 g/mol. The summed E-state index contributed by atoms with van der Waals surface area (Å²) in [6.07, 6.45) is 2.97. The molecule has 0 bridgehead atoms. The third-order valence-corrected chi connectivity index (χ3v) is 5.86. The molecule has 2 aliphatic heterocycles. The maximum absolute atomic E-state index is 13.8. The number of halogens is 1. The van der Waals surface area contributed by atoms with Crippen LogP contribution >= 0.6 is 0 Å². The first-order valence-corrected chi connectivity index (χ1v) is 9.09. The van der Waals surface area contributed by atoms with Gasteiger partial charge >= 0.3 is 5.76 Å². The lowest BCUT2D eigenvalue weighted by molar-refractivity contribution is -0.0121. The van der Waals surface area contributed by atoms with Gasteiger partial charge in [-0.2, -0.15) is 5.26 Å². The van der Waals surface area contributed by atoms with Gasteiger partial charge in [-0.05, 0) is 31.4 Å². The van der Waals surface area contributed by atoms with Crippen molar-refractivity contribution in [1.29, 1.82) is 5.26 Å². The second-order valence-corrected chi connectivity index (χ2v) is 7.28. The number of nitrogens with zero attached hydrogens (tertiary/aromatic N) is 3. The second-order valence-electron chi connectivity index (χ2n) is 7.28. The highest BCUT2D eigenvalue weighted by molar-refractivity contribution is 5.74. The van der Waals surface area contributed by atoms with Gasteiger partial charge in [0.15, 0.2) is 5.58 Å². The Bertz CT molecular complexity index is 912. The first-order chi connectivity index (χ1) is 12.5. The van der Waals surface area contributed by atoms with Crippen LogP contribution in [0.1, 0.15) is 37.3 Å². The molecule has 1 aromatic carbocycles. The van der Waals surface area contributed by atoms with E-state index in [1.807, 2.05) is 0 Å². The predicted molar refractivity (Wildman–Crippen MR) is 93.4 cm³/mol. The van der Waals surface area contributed by atoms with E-state index >= 15 is 0 Å². The molecule has 0 amide bonds. The number of aryl methyl sites for hydroxylation is 1. The van der Waals surface area contributed by atoms with Gasteiger partial charge in [-0.15, -0.1) is 0 Å². The lowest BCUT2D eigenvalue weighted by Gasteiger charge is -2.44. The van der Waals surface area contributed by atoms with E-state index in [2.05, 4.69) is 11.0 Å². The topological polar surface area (TPSA) is 71.4 Å². The van der Waals surface area contributed by atoms with Gasteiger partial charge in [0.05, 0.1) is 11.6 Å². The molecule has 0 radical (unpaired) electrons. The largest absolute Gasteiger partial charge is 0.420 e. The lowest BCUT2D eigenvalue weighted by atomic mass is 9.87. The van der Waals surface area contributed by atoms with E-state index in [-0.39, 0.29) is 11.9 Å². The van der Waals surface area contributed by atoms with Gasteiger partial charge in [-0.3, -0.25) is 9.47 Å². The molecule has 26 heavy (non-hydrogen) atoms. The van der Waals surface area contributed by atoms with E-state index in [4.69, 9.17) is 9.15 Å². The molecule has 7 heteroatoms. The first kappa shape index (κ1) is 17.3. The number of nitriles is 1. The van der Waals surface area contributed by atoms with Gasteiger partial charge in [-0.1, -0.05) is 0 Å². The van der Waals surface area contributed by atoms with E-state index < -0.39 is 11.3 Å². The molecule has 4 rings (SSSR count). The molecule has 2 saturated heterocycles. The molecule has 0 atom stereocenters. The number of fused-ring (bicyclic) bond motifs is 1. The van der Waals surface area contributed by atoms with Crippen molar-refractivity contribution in [2.24, 2.45) is 0 Å². The first-order valence-electron chi connectivity index (χ1n) is 9.09. The number of rotatable bonds is 2. The van der Waals surface area contributed by atoms with Gasteiger partial charge in [0.25, 0.3) is 0 Å². The van der Waals surface area contributed by atoms with Crippen molar-refractivity contribution in [2.75, 3.05) is 26.3 Å². The normalized spacial score (nSPS) is 21.7. The fraction of sp³-hybridized carbons (Fsp3) is 0.579. The van der Waals surface area contributed by atoms with Crippen molar-refractivity contribution in [3.05, 3.63) is 34.1 Å². The summed E-state index contributed by atoms with van der Waals surface area (Å²) in [5.74, 6) is -0.812. The minimum atomic E-state index is -0.452. The fourth-order valence-corrected chi connectivity index (χ4v) is 4.27. The molecule has 3 heterocycles. The number of likely N-dealkylation sites (tertiary alicyclic amines) is 1. The number of hydrogen-bond acceptors (Lipinski definition) is 5. The van der Waals surface area contributed by atoms with Gasteiger partial charge in [0.1, 0.15) is 11.4 Å². The van der Waals surface area contributed by atoms with Crippen LogP contribution in [-0.4, -0.2) is 41.3 Å². The van der Waals surface area contributed by atoms with Crippen molar-refractivity contribution in [3.8, 4) is 6.07 Å². The number of oxazole rings is 1. The molecule has 2 aliphatic rings. The van der Waals surface area contributed by atoms with Crippen molar-refractivity contribution in [3.63, 3.8) is 0 Å². The third kappa shape index (κ3) is 2.74. The van der Waals surface area contributed by atoms with Gasteiger partial charge in [0.2, 0.25) is 0 Å². The third-order valence-electron chi connectivity index (χ3n) is 5.86. The molecule has 0 aliphatic carbocycles. The van der Waals surface area contributed by atoms with Crippen molar-refractivity contribution in [2.45, 2.75) is 44.2 Å². The van der Waals surface area contributed by atoms with E-state index in [0.29, 0.717) is 29.9 Å². The highest BCUT2D eigenvalue weighted by Gasteiger charge is 2.41. The molecule has 1 aromatic heterocycles. The van der Waals surface area contributed by atoms with Crippen LogP contribution in [-0.2, 0) is 4.74 Å². The summed E-state index contributed by atoms with van der Waals surface area (Å²) < 4.78 is 26.1. The number of hydrogen-bond donors (Lipinski definition) is 0. The zero-order chi connectivity index (χ0) is 18.3. The highest BCUT2D eigenvalue weighted by Crippen LogP contribution is 2.34. The summed E-state index contributed by atoms with van der Waals surface area (Å²) in [6.45, 7) is 4.41. The van der Waals surface area contributed by atoms with E-state index in [0.717, 1.165) is 38.8 Å². The zero-order valence-corrected chi connectivity index (χ0v) is 14.8. The minimum Gasteiger partial charge on any atom is -0.408 e. The molecule has 6 nitrogen and oxygen atoms in total. The van der Waals surface area contributed by atoms with Crippen molar-refractivity contribution >= 4 is 11.1 Å². The Kier molecular flexibility index (Phi) is 4.33. The molecule has 0 saturated carbocycles. The van der Waals surface area contributed by atoms with Gasteiger partial charge in [0, 0.05) is 51.3 Å². The quantitative estimate of drug-likeness (QED) is 0.824. The summed E-state index contributed by atoms with van der Waals surface area (Å²) in [6, 6.07) is 5.47. The van der Waals surface area contributed by atoms with E-state index in [9.17, 15) is 14.4 Å². The van der Waals surface area contributed by atoms with E-state index in [1.54, 1.807) is 17.6 Å². The van der Waals surface area contributed by atoms with Crippen molar-refractivity contribution < 1.29 is 13.5 Å². The number of aromatic nitrogens is 1. The summed E-state index contributed by atoms with van der Waals surface area (Å²) in [5.41, 5.74) is 0.980. The van der Waals surface area contributed by atoms with Crippen LogP contribution < -0.4 is 5.76 Å². The van der Waals surface area contributed by atoms with Crippen LogP contribution in [0.2, 0.25) is 0 Å². The van der Waals surface area contributed by atoms with Crippen LogP contribution in [0.4, 0.5) is 4.39 Å². The van der Waals surface area contributed by atoms with Gasteiger partial charge < -0.3 is 9.15 Å². The van der Waals surface area contributed by atoms with Crippen LogP contribution in [0.25, 0.3) is 11.1 Å². The van der Waals surface area contributed by atoms with Crippen molar-refractivity contribution in [1.82, 2.24) is 9.47 Å². The summed E-state index contributed by atoms with van der Waals surface area (Å²) in [4.78, 5) is 14.6. The van der Waals surface area contributed by atoms with Crippen LogP contribution in [0.5, 0.6) is 0 Å². The Morgan fingerprint density at radius 2 is 1.96 bits per heavy atom. The SMILES string of the molecule is Cc1cc2c(cc1F)oc(=O)n2C1CCN(C2(C#N)CCOCC2)CC1. The Morgan fingerprint density at radius 3 is 2.62 bits per heavy atom. The molecule has 0 spiro atoms. The second kappa shape index (κ2) is 6.53. The van der Waals surface area contributed by atoms with E-state index in [1.165, 1.54) is 6.07 Å². The minimum absolute atomic E-state index is 0.000412. The Labute approximate surface area is 150 Å². The number of benzene rings is 1. The molecule has 138 valence electrons. The molecule has 0 N–H and O–H groups in total. The molecule has 0 unspecified atom stereocenters. The fourth-order valence-electron chi connectivity index (χ4n) is 4.27. The maximum atomic E-state index is 13.8. The number of ether oxygens (including phenoxy) is 1. The van der Waals surface area contributed by atoms with Gasteiger partial charge in [-0.25, -0.2) is 9.18 Å². The zero-order valence-electron chi connectivity index (χ0n) is 14.8. The standard InChI is InChI=1S/C19H22FN3O3/c1-13-10-16-17(11-15(13)20)26-18(24)23(16)14-2-6-22(7-3-14)19(12-21)4-8-25-9-5-19/h10-11,14H,2-9H2,1H3. The summed E-state index contributed by atoms with van der Waals surface area (Å²) in [5, 5.41) is 9.73. The number of piperidine rings is 1. The Morgan fingerprint density at radius 1 is 1.27 bits per heavy atom. The Balaban J connectivity index is 1.58. The highest BCUT2D eigenvalue weighted by atomic mass is 19.1. The smallest absolute Gasteiger partial charge is 0.408 e. The molecule has 2 fully saturated rings. The van der Waals surface area contributed by atoms with Crippen LogP contribution in [0, 0.1) is 24.1 Å². The van der Waals surface area contributed by atoms with Crippen LogP contribution in [0.15, 0.2) is 21.3 Å². The summed E-state index contributed by atoms with van der Waals surface area (Å²) in [7, 11) is 0. The molecule has 2 aromatic rings. The molecular formula is C19H22FN3O3. The lowest BCUT2D eigenvalue weighted by Crippen LogP contribution is -2.54. The predicted octanol–water partition coefficient (Wildman–Crippen LogP) is 2.75.